The normalized spacial score (nSPS) is 12.6. The molecule has 0 bridgehead atoms. The molecule has 0 saturated carbocycles. The third-order valence-electron chi connectivity index (χ3n) is 3.50. The maximum Gasteiger partial charge on any atom is 0.242 e. The second-order valence-electron chi connectivity index (χ2n) is 6.86. The molecule has 1 atom stereocenters. The first kappa shape index (κ1) is 16.8. The highest BCUT2D eigenvalue weighted by Crippen LogP contribution is 2.30. The van der Waals surface area contributed by atoms with Crippen molar-refractivity contribution in [1.29, 1.82) is 0 Å². The van der Waals surface area contributed by atoms with E-state index in [0.717, 1.165) is 22.6 Å². The standard InChI is InChI=1S/C18H21FN3OP/c1-17(2,24)16-21-10-13-9-20-15(11-22(13)16)12-5-7-14(8-6-12)23-18(3,4)19/h5-11H,24H2,1-4H3. The average Bonchev–Trinajstić information content (AvgIpc) is 2.89. The SMILES string of the molecule is CC(C)(F)Oc1ccc(-c2cn3c(C(C)(C)P)ncc3cn2)cc1. The highest BCUT2D eigenvalue weighted by molar-refractivity contribution is 7.18. The Morgan fingerprint density at radius 1 is 1.04 bits per heavy atom. The summed E-state index contributed by atoms with van der Waals surface area (Å²) in [5.74, 6) is -0.263. The lowest BCUT2D eigenvalue weighted by atomic mass is 10.1. The van der Waals surface area contributed by atoms with Crippen molar-refractivity contribution in [3.63, 3.8) is 0 Å². The highest BCUT2D eigenvalue weighted by atomic mass is 31.0. The Bertz CT molecular complexity index is 861. The van der Waals surface area contributed by atoms with Crippen LogP contribution >= 0.6 is 9.24 Å². The van der Waals surface area contributed by atoms with Gasteiger partial charge in [0, 0.05) is 30.8 Å². The summed E-state index contributed by atoms with van der Waals surface area (Å²) in [5, 5.41) is -0.143. The molecule has 0 radical (unpaired) electrons. The molecule has 4 nitrogen and oxygen atoms in total. The number of ether oxygens (including phenoxy) is 1. The van der Waals surface area contributed by atoms with E-state index in [1.54, 1.807) is 18.3 Å². The molecule has 0 aliphatic rings. The molecule has 2 heterocycles. The van der Waals surface area contributed by atoms with Crippen molar-refractivity contribution in [3.05, 3.63) is 48.7 Å². The minimum atomic E-state index is -1.70. The van der Waals surface area contributed by atoms with Crippen molar-refractivity contribution in [2.75, 3.05) is 0 Å². The van der Waals surface area contributed by atoms with Gasteiger partial charge in [0.05, 0.1) is 23.6 Å². The molecule has 0 spiro atoms. The lowest BCUT2D eigenvalue weighted by molar-refractivity contribution is -0.0256. The molecule has 0 saturated heterocycles. The first-order valence-electron chi connectivity index (χ1n) is 7.74. The minimum absolute atomic E-state index is 0.143. The molecule has 0 N–H and O–H groups in total. The van der Waals surface area contributed by atoms with Gasteiger partial charge >= 0.3 is 0 Å². The minimum Gasteiger partial charge on any atom is -0.459 e. The lowest BCUT2D eigenvalue weighted by Crippen LogP contribution is -2.20. The number of fused-ring (bicyclic) bond motifs is 1. The Morgan fingerprint density at radius 3 is 2.25 bits per heavy atom. The van der Waals surface area contributed by atoms with Crippen molar-refractivity contribution in [3.8, 4) is 17.0 Å². The summed E-state index contributed by atoms with van der Waals surface area (Å²) < 4.78 is 20.8. The molecule has 2 aromatic heterocycles. The van der Waals surface area contributed by atoms with Gasteiger partial charge in [-0.25, -0.2) is 4.98 Å². The van der Waals surface area contributed by atoms with E-state index in [1.165, 1.54) is 13.8 Å². The molecule has 1 aromatic carbocycles. The van der Waals surface area contributed by atoms with E-state index in [4.69, 9.17) is 4.74 Å². The van der Waals surface area contributed by atoms with Crippen LogP contribution in [0.4, 0.5) is 4.39 Å². The van der Waals surface area contributed by atoms with Crippen LogP contribution < -0.4 is 4.74 Å². The van der Waals surface area contributed by atoms with Crippen LogP contribution in [0.1, 0.15) is 33.5 Å². The topological polar surface area (TPSA) is 39.4 Å². The van der Waals surface area contributed by atoms with Gasteiger partial charge in [0.2, 0.25) is 5.85 Å². The zero-order valence-corrected chi connectivity index (χ0v) is 15.4. The number of nitrogens with zero attached hydrogens (tertiary/aromatic N) is 3. The van der Waals surface area contributed by atoms with Gasteiger partial charge in [-0.3, -0.25) is 9.38 Å². The molecule has 3 aromatic rings. The van der Waals surface area contributed by atoms with Crippen LogP contribution in [0.3, 0.4) is 0 Å². The van der Waals surface area contributed by atoms with Gasteiger partial charge in [-0.15, -0.1) is 9.24 Å². The van der Waals surface area contributed by atoms with Crippen molar-refractivity contribution >= 4 is 14.8 Å². The van der Waals surface area contributed by atoms with Crippen LogP contribution in [-0.2, 0) is 5.16 Å². The second kappa shape index (κ2) is 5.82. The fourth-order valence-electron chi connectivity index (χ4n) is 2.50. The summed E-state index contributed by atoms with van der Waals surface area (Å²) in [6.07, 6.45) is 5.59. The van der Waals surface area contributed by atoms with Gasteiger partial charge in [0.1, 0.15) is 11.6 Å². The Kier molecular flexibility index (Phi) is 4.08. The van der Waals surface area contributed by atoms with Gasteiger partial charge in [0.25, 0.3) is 0 Å². The largest absolute Gasteiger partial charge is 0.459 e. The van der Waals surface area contributed by atoms with Gasteiger partial charge in [-0.05, 0) is 38.1 Å². The van der Waals surface area contributed by atoms with Gasteiger partial charge in [-0.2, -0.15) is 4.39 Å². The van der Waals surface area contributed by atoms with E-state index < -0.39 is 5.85 Å². The fourth-order valence-corrected chi connectivity index (χ4v) is 2.71. The number of benzene rings is 1. The fraction of sp³-hybridized carbons (Fsp3) is 0.333. The smallest absolute Gasteiger partial charge is 0.242 e. The van der Waals surface area contributed by atoms with Crippen LogP contribution in [0.15, 0.2) is 42.9 Å². The van der Waals surface area contributed by atoms with Gasteiger partial charge in [-0.1, -0.05) is 0 Å². The third-order valence-corrected chi connectivity index (χ3v) is 3.76. The molecule has 0 fully saturated rings. The lowest BCUT2D eigenvalue weighted by Gasteiger charge is -2.17. The van der Waals surface area contributed by atoms with E-state index in [1.807, 2.05) is 28.9 Å². The maximum absolute atomic E-state index is 13.5. The molecule has 24 heavy (non-hydrogen) atoms. The Hall–Kier alpha value is -2.00. The monoisotopic (exact) mass is 345 g/mol. The Balaban J connectivity index is 1.97. The molecular weight excluding hydrogens is 324 g/mol. The van der Waals surface area contributed by atoms with Gasteiger partial charge < -0.3 is 4.74 Å². The number of alkyl halides is 1. The molecule has 0 aliphatic heterocycles. The maximum atomic E-state index is 13.5. The van der Waals surface area contributed by atoms with Crippen LogP contribution in [0.5, 0.6) is 5.75 Å². The quantitative estimate of drug-likeness (QED) is 0.649. The summed E-state index contributed by atoms with van der Waals surface area (Å²) in [4.78, 5) is 8.99. The van der Waals surface area contributed by atoms with E-state index in [-0.39, 0.29) is 5.16 Å². The number of aromatic nitrogens is 3. The van der Waals surface area contributed by atoms with Crippen LogP contribution in [0.2, 0.25) is 0 Å². The van der Waals surface area contributed by atoms with Crippen LogP contribution in [0, 0.1) is 0 Å². The first-order valence-corrected chi connectivity index (χ1v) is 8.32. The van der Waals surface area contributed by atoms with Crippen molar-refractivity contribution in [1.82, 2.24) is 14.4 Å². The summed E-state index contributed by atoms with van der Waals surface area (Å²) in [7, 11) is 2.81. The summed E-state index contributed by atoms with van der Waals surface area (Å²) >= 11 is 0. The van der Waals surface area contributed by atoms with Gasteiger partial charge in [0.15, 0.2) is 0 Å². The number of hydrogen-bond donors (Lipinski definition) is 0. The number of rotatable bonds is 4. The zero-order chi connectivity index (χ0) is 17.5. The van der Waals surface area contributed by atoms with Crippen molar-refractivity contribution in [2.45, 2.75) is 38.7 Å². The first-order chi connectivity index (χ1) is 11.1. The zero-order valence-electron chi connectivity index (χ0n) is 14.2. The molecule has 0 amide bonds. The van der Waals surface area contributed by atoms with E-state index >= 15 is 0 Å². The molecule has 126 valence electrons. The summed E-state index contributed by atoms with van der Waals surface area (Å²) in [6.45, 7) is 6.94. The number of imidazole rings is 1. The van der Waals surface area contributed by atoms with E-state index in [0.29, 0.717) is 5.75 Å². The molecule has 0 aliphatic carbocycles. The number of halogens is 1. The van der Waals surface area contributed by atoms with E-state index in [2.05, 4.69) is 33.1 Å². The summed E-state index contributed by atoms with van der Waals surface area (Å²) in [5.41, 5.74) is 2.70. The average molecular weight is 345 g/mol. The predicted molar refractivity (Wildman–Crippen MR) is 97.0 cm³/mol. The third kappa shape index (κ3) is 3.57. The molecule has 1 unspecified atom stereocenters. The molecular formula is C18H21FN3OP. The van der Waals surface area contributed by atoms with E-state index in [9.17, 15) is 4.39 Å². The highest BCUT2D eigenvalue weighted by Gasteiger charge is 2.20. The summed E-state index contributed by atoms with van der Waals surface area (Å²) in [6, 6.07) is 7.24. The Morgan fingerprint density at radius 2 is 1.67 bits per heavy atom. The van der Waals surface area contributed by atoms with Crippen molar-refractivity contribution < 1.29 is 9.13 Å². The van der Waals surface area contributed by atoms with Crippen LogP contribution in [0.25, 0.3) is 16.8 Å². The van der Waals surface area contributed by atoms with Crippen molar-refractivity contribution in [2.24, 2.45) is 0 Å². The predicted octanol–water partition coefficient (Wildman–Crippen LogP) is 4.59. The Labute approximate surface area is 143 Å². The molecule has 6 heteroatoms. The second-order valence-corrected chi connectivity index (χ2v) is 8.30. The number of hydrogen-bond acceptors (Lipinski definition) is 3. The molecule has 3 rings (SSSR count). The van der Waals surface area contributed by atoms with Crippen LogP contribution in [-0.4, -0.2) is 20.2 Å².